The van der Waals surface area contributed by atoms with E-state index in [1.807, 2.05) is 38.2 Å². The number of anilines is 1. The number of pyridine rings is 1. The molecular weight excluding hydrogens is 382 g/mol. The summed E-state index contributed by atoms with van der Waals surface area (Å²) >= 11 is 1.52. The van der Waals surface area contributed by atoms with E-state index in [0.29, 0.717) is 17.4 Å². The molecule has 0 unspecified atom stereocenters. The van der Waals surface area contributed by atoms with Gasteiger partial charge in [-0.15, -0.1) is 0 Å². The van der Waals surface area contributed by atoms with Gasteiger partial charge in [0.05, 0.1) is 22.5 Å². The molecule has 0 radical (unpaired) electrons. The Hall–Kier alpha value is -3.06. The number of aryl methyl sites for hydroxylation is 2. The van der Waals surface area contributed by atoms with Crippen LogP contribution in [0.25, 0.3) is 10.2 Å². The molecule has 0 aliphatic heterocycles. The summed E-state index contributed by atoms with van der Waals surface area (Å²) in [6.45, 7) is 8.54. The summed E-state index contributed by atoms with van der Waals surface area (Å²) in [4.78, 5) is 24.3. The SMILES string of the molecule is Cc1ccc2sc(N(Cc3ccccn3)C(=O)c3ccn(C(C)C)n3)nc2c1C. The Morgan fingerprint density at radius 1 is 1.17 bits per heavy atom. The second kappa shape index (κ2) is 7.75. The molecular formula is C22H23N5OS. The van der Waals surface area contributed by atoms with Crippen molar-refractivity contribution in [2.45, 2.75) is 40.3 Å². The molecule has 29 heavy (non-hydrogen) atoms. The normalized spacial score (nSPS) is 11.3. The predicted octanol–water partition coefficient (Wildman–Crippen LogP) is 4.93. The number of hydrogen-bond acceptors (Lipinski definition) is 5. The van der Waals surface area contributed by atoms with Crippen LogP contribution in [0.15, 0.2) is 48.8 Å². The number of fused-ring (bicyclic) bond motifs is 1. The van der Waals surface area contributed by atoms with Crippen molar-refractivity contribution in [3.8, 4) is 0 Å². The topological polar surface area (TPSA) is 63.9 Å². The molecule has 1 amide bonds. The van der Waals surface area contributed by atoms with Crippen molar-refractivity contribution in [1.29, 1.82) is 0 Å². The summed E-state index contributed by atoms with van der Waals surface area (Å²) in [5.41, 5.74) is 4.47. The molecule has 0 atom stereocenters. The lowest BCUT2D eigenvalue weighted by Gasteiger charge is -2.18. The van der Waals surface area contributed by atoms with Crippen molar-refractivity contribution in [3.63, 3.8) is 0 Å². The number of carbonyl (C=O) groups excluding carboxylic acids is 1. The van der Waals surface area contributed by atoms with Crippen LogP contribution in [-0.4, -0.2) is 25.7 Å². The van der Waals surface area contributed by atoms with Gasteiger partial charge in [-0.05, 0) is 63.1 Å². The van der Waals surface area contributed by atoms with Gasteiger partial charge in [0.25, 0.3) is 5.91 Å². The molecule has 0 aliphatic carbocycles. The molecule has 7 heteroatoms. The van der Waals surface area contributed by atoms with Crippen LogP contribution < -0.4 is 4.90 Å². The molecule has 3 aromatic heterocycles. The maximum Gasteiger partial charge on any atom is 0.280 e. The van der Waals surface area contributed by atoms with Crippen LogP contribution in [0, 0.1) is 13.8 Å². The number of aromatic nitrogens is 4. The minimum Gasteiger partial charge on any atom is -0.276 e. The fourth-order valence-electron chi connectivity index (χ4n) is 3.09. The van der Waals surface area contributed by atoms with Crippen molar-refractivity contribution in [3.05, 3.63) is 71.3 Å². The van der Waals surface area contributed by atoms with E-state index in [2.05, 4.69) is 36.1 Å². The zero-order valence-corrected chi connectivity index (χ0v) is 17.8. The highest BCUT2D eigenvalue weighted by Crippen LogP contribution is 2.33. The van der Waals surface area contributed by atoms with Crippen molar-refractivity contribution in [1.82, 2.24) is 19.7 Å². The Bertz CT molecular complexity index is 1160. The number of hydrogen-bond donors (Lipinski definition) is 0. The molecule has 4 aromatic rings. The highest BCUT2D eigenvalue weighted by Gasteiger charge is 2.24. The van der Waals surface area contributed by atoms with Gasteiger partial charge >= 0.3 is 0 Å². The Kier molecular flexibility index (Phi) is 5.15. The van der Waals surface area contributed by atoms with E-state index in [0.717, 1.165) is 21.5 Å². The first-order valence-electron chi connectivity index (χ1n) is 9.57. The van der Waals surface area contributed by atoms with Crippen molar-refractivity contribution in [2.75, 3.05) is 4.90 Å². The van der Waals surface area contributed by atoms with E-state index >= 15 is 0 Å². The lowest BCUT2D eigenvalue weighted by atomic mass is 10.1. The van der Waals surface area contributed by atoms with Gasteiger partial charge in [-0.25, -0.2) is 4.98 Å². The molecule has 0 N–H and O–H groups in total. The first-order valence-corrected chi connectivity index (χ1v) is 10.4. The van der Waals surface area contributed by atoms with E-state index in [-0.39, 0.29) is 11.9 Å². The first kappa shape index (κ1) is 19.3. The summed E-state index contributed by atoms with van der Waals surface area (Å²) in [6.07, 6.45) is 3.57. The number of nitrogens with zero attached hydrogens (tertiary/aromatic N) is 5. The molecule has 0 fully saturated rings. The summed E-state index contributed by atoms with van der Waals surface area (Å²) in [5.74, 6) is -0.177. The molecule has 0 saturated carbocycles. The number of benzene rings is 1. The molecule has 6 nitrogen and oxygen atoms in total. The predicted molar refractivity (Wildman–Crippen MR) is 116 cm³/mol. The maximum atomic E-state index is 13.4. The van der Waals surface area contributed by atoms with Crippen molar-refractivity contribution >= 4 is 32.6 Å². The van der Waals surface area contributed by atoms with E-state index in [1.54, 1.807) is 21.8 Å². The zero-order valence-electron chi connectivity index (χ0n) is 17.0. The van der Waals surface area contributed by atoms with Crippen LogP contribution in [-0.2, 0) is 6.54 Å². The summed E-state index contributed by atoms with van der Waals surface area (Å²) in [6, 6.07) is 11.8. The van der Waals surface area contributed by atoms with Gasteiger partial charge in [-0.1, -0.05) is 23.5 Å². The lowest BCUT2D eigenvalue weighted by Crippen LogP contribution is -2.31. The first-order chi connectivity index (χ1) is 13.9. The molecule has 0 saturated heterocycles. The van der Waals surface area contributed by atoms with Gasteiger partial charge in [0.2, 0.25) is 0 Å². The molecule has 1 aromatic carbocycles. The maximum absolute atomic E-state index is 13.4. The number of amides is 1. The van der Waals surface area contributed by atoms with Gasteiger partial charge in [0.1, 0.15) is 0 Å². The molecule has 0 aliphatic rings. The average Bonchev–Trinajstić information content (AvgIpc) is 3.37. The minimum atomic E-state index is -0.177. The molecule has 3 heterocycles. The van der Waals surface area contributed by atoms with E-state index in [1.165, 1.54) is 16.9 Å². The zero-order chi connectivity index (χ0) is 20.5. The van der Waals surface area contributed by atoms with Gasteiger partial charge in [0, 0.05) is 18.4 Å². The van der Waals surface area contributed by atoms with Crippen molar-refractivity contribution in [2.24, 2.45) is 0 Å². The van der Waals surface area contributed by atoms with Crippen LogP contribution in [0.1, 0.15) is 47.2 Å². The third-order valence-electron chi connectivity index (χ3n) is 4.95. The van der Waals surface area contributed by atoms with E-state index in [9.17, 15) is 4.79 Å². The second-order valence-electron chi connectivity index (χ2n) is 7.34. The molecule has 4 rings (SSSR count). The quantitative estimate of drug-likeness (QED) is 0.472. The number of thiazole rings is 1. The van der Waals surface area contributed by atoms with Gasteiger partial charge < -0.3 is 0 Å². The highest BCUT2D eigenvalue weighted by molar-refractivity contribution is 7.22. The smallest absolute Gasteiger partial charge is 0.276 e. The molecule has 0 bridgehead atoms. The van der Waals surface area contributed by atoms with Crippen LogP contribution in [0.2, 0.25) is 0 Å². The number of carbonyl (C=O) groups is 1. The van der Waals surface area contributed by atoms with E-state index < -0.39 is 0 Å². The van der Waals surface area contributed by atoms with Crippen LogP contribution in [0.4, 0.5) is 5.13 Å². The summed E-state index contributed by atoms with van der Waals surface area (Å²) in [5, 5.41) is 5.12. The van der Waals surface area contributed by atoms with Gasteiger partial charge in [-0.3, -0.25) is 19.4 Å². The average molecular weight is 406 g/mol. The summed E-state index contributed by atoms with van der Waals surface area (Å²) in [7, 11) is 0. The Labute approximate surface area is 173 Å². The number of rotatable bonds is 5. The Morgan fingerprint density at radius 3 is 2.69 bits per heavy atom. The molecule has 148 valence electrons. The van der Waals surface area contributed by atoms with Gasteiger partial charge in [-0.2, -0.15) is 5.10 Å². The Morgan fingerprint density at radius 2 is 2.00 bits per heavy atom. The Balaban J connectivity index is 1.77. The highest BCUT2D eigenvalue weighted by atomic mass is 32.1. The van der Waals surface area contributed by atoms with Crippen LogP contribution in [0.5, 0.6) is 0 Å². The van der Waals surface area contributed by atoms with E-state index in [4.69, 9.17) is 4.98 Å². The molecule has 0 spiro atoms. The third kappa shape index (κ3) is 3.78. The summed E-state index contributed by atoms with van der Waals surface area (Å²) < 4.78 is 2.85. The van der Waals surface area contributed by atoms with Crippen molar-refractivity contribution < 1.29 is 4.79 Å². The second-order valence-corrected chi connectivity index (χ2v) is 8.35. The third-order valence-corrected chi connectivity index (χ3v) is 6.00. The fourth-order valence-corrected chi connectivity index (χ4v) is 4.11. The largest absolute Gasteiger partial charge is 0.280 e. The van der Waals surface area contributed by atoms with Crippen LogP contribution in [0.3, 0.4) is 0 Å². The monoisotopic (exact) mass is 405 g/mol. The minimum absolute atomic E-state index is 0.177. The standard InChI is InChI=1S/C22H23N5OS/c1-14(2)27-12-10-18(25-27)21(28)26(13-17-7-5-6-11-23-17)22-24-20-16(4)15(3)8-9-19(20)29-22/h5-12,14H,13H2,1-4H3. The lowest BCUT2D eigenvalue weighted by molar-refractivity contribution is 0.0979. The van der Waals surface area contributed by atoms with Gasteiger partial charge in [0.15, 0.2) is 10.8 Å². The fraction of sp³-hybridized carbons (Fsp3) is 0.273. The van der Waals surface area contributed by atoms with Crippen LogP contribution >= 0.6 is 11.3 Å².